The maximum atomic E-state index is 12.9. The zero-order valence-electron chi connectivity index (χ0n) is 16.5. The third-order valence-electron chi connectivity index (χ3n) is 5.01. The smallest absolute Gasteiger partial charge is 0.293 e. The van der Waals surface area contributed by atoms with Gasteiger partial charge < -0.3 is 5.32 Å². The Kier molecular flexibility index (Phi) is 5.30. The van der Waals surface area contributed by atoms with Crippen LogP contribution < -0.4 is 5.32 Å². The normalized spacial score (nSPS) is 17.9. The molecule has 0 spiro atoms. The summed E-state index contributed by atoms with van der Waals surface area (Å²) < 4.78 is 21.4. The molecule has 3 aromatic heterocycles. The van der Waals surface area contributed by atoms with Crippen molar-refractivity contribution in [2.45, 2.75) is 20.4 Å². The van der Waals surface area contributed by atoms with Gasteiger partial charge in [-0.05, 0) is 43.7 Å². The lowest BCUT2D eigenvalue weighted by molar-refractivity contribution is 0.101. The van der Waals surface area contributed by atoms with Gasteiger partial charge in [0.25, 0.3) is 5.91 Å². The first-order valence-corrected chi connectivity index (χ1v) is 11.4. The molecule has 1 amide bonds. The molecule has 0 radical (unpaired) electrons. The average Bonchev–Trinajstić information content (AvgIpc) is 3.01. The number of pyridine rings is 2. The van der Waals surface area contributed by atoms with Crippen LogP contribution >= 0.6 is 10.6 Å². The zero-order valence-corrected chi connectivity index (χ0v) is 17.3. The molecule has 0 aliphatic carbocycles. The number of rotatable bonds is 4. The Morgan fingerprint density at radius 3 is 2.66 bits per heavy atom. The van der Waals surface area contributed by atoms with Gasteiger partial charge in [-0.1, -0.05) is 6.07 Å². The average molecular weight is 416 g/mol. The van der Waals surface area contributed by atoms with E-state index in [-0.39, 0.29) is 5.91 Å². The third-order valence-corrected chi connectivity index (χ3v) is 6.68. The number of nitrogens with zero attached hydrogens (tertiary/aromatic N) is 4. The summed E-state index contributed by atoms with van der Waals surface area (Å²) in [6.45, 7) is 5.60. The van der Waals surface area contributed by atoms with Crippen molar-refractivity contribution in [3.63, 3.8) is 0 Å². The maximum Gasteiger partial charge on any atom is 0.293 e. The molecule has 9 heteroatoms. The van der Waals surface area contributed by atoms with Gasteiger partial charge in [0.05, 0.1) is 22.7 Å². The molecular weight excluding hydrogens is 390 g/mol. The molecule has 0 aromatic carbocycles. The van der Waals surface area contributed by atoms with Crippen LogP contribution in [0.4, 0.5) is 5.82 Å². The standard InChI is InChI=1S/C20H25N5O3S/c1-14-11-15(2)21-18(12-14)23-20(26)19-22-16(17-5-3-4-6-25(17)19)13-24-7-9-29(27,28)10-8-24/h3-6,11-12,27-28H,7-10,13H2,1-2H3,(H,21,23,26). The van der Waals surface area contributed by atoms with Crippen molar-refractivity contribution in [2.75, 3.05) is 29.9 Å². The second-order valence-corrected chi connectivity index (χ2v) is 9.87. The van der Waals surface area contributed by atoms with E-state index in [0.717, 1.165) is 22.5 Å². The molecule has 1 fully saturated rings. The molecule has 29 heavy (non-hydrogen) atoms. The van der Waals surface area contributed by atoms with Gasteiger partial charge in [-0.2, -0.15) is 10.6 Å². The summed E-state index contributed by atoms with van der Waals surface area (Å²) in [6, 6.07) is 9.49. The number of anilines is 1. The van der Waals surface area contributed by atoms with E-state index in [0.29, 0.717) is 42.8 Å². The number of aromatic nitrogens is 3. The second kappa shape index (κ2) is 7.75. The Morgan fingerprint density at radius 1 is 1.17 bits per heavy atom. The SMILES string of the molecule is Cc1cc(C)nc(NC(=O)c2nc(CN3CCS(O)(O)CC3)c3ccccn23)c1. The summed E-state index contributed by atoms with van der Waals surface area (Å²) in [7, 11) is -2.44. The number of fused-ring (bicyclic) bond motifs is 1. The molecule has 1 saturated heterocycles. The maximum absolute atomic E-state index is 12.9. The first-order valence-electron chi connectivity index (χ1n) is 9.49. The van der Waals surface area contributed by atoms with E-state index in [4.69, 9.17) is 0 Å². The van der Waals surface area contributed by atoms with Crippen molar-refractivity contribution in [3.05, 3.63) is 59.3 Å². The van der Waals surface area contributed by atoms with Gasteiger partial charge >= 0.3 is 0 Å². The Labute approximate surface area is 170 Å². The monoisotopic (exact) mass is 415 g/mol. The van der Waals surface area contributed by atoms with Crippen LogP contribution in [0, 0.1) is 13.8 Å². The molecule has 0 unspecified atom stereocenters. The van der Waals surface area contributed by atoms with E-state index < -0.39 is 10.6 Å². The van der Waals surface area contributed by atoms with Crippen molar-refractivity contribution in [3.8, 4) is 0 Å². The fraction of sp³-hybridized carbons (Fsp3) is 0.350. The van der Waals surface area contributed by atoms with Crippen LogP contribution in [0.25, 0.3) is 5.52 Å². The molecule has 3 aromatic rings. The largest absolute Gasteiger partial charge is 0.304 e. The van der Waals surface area contributed by atoms with Gasteiger partial charge in [-0.15, -0.1) is 0 Å². The van der Waals surface area contributed by atoms with Crippen LogP contribution in [0.5, 0.6) is 0 Å². The molecule has 0 atom stereocenters. The van der Waals surface area contributed by atoms with E-state index in [1.165, 1.54) is 0 Å². The van der Waals surface area contributed by atoms with Crippen LogP contribution in [0.15, 0.2) is 36.5 Å². The Bertz CT molecular complexity index is 1040. The predicted molar refractivity (Wildman–Crippen MR) is 115 cm³/mol. The topological polar surface area (TPSA) is 103 Å². The van der Waals surface area contributed by atoms with Gasteiger partial charge in [-0.25, -0.2) is 9.97 Å². The molecule has 4 heterocycles. The van der Waals surface area contributed by atoms with Crippen molar-refractivity contribution in [2.24, 2.45) is 0 Å². The minimum atomic E-state index is -2.44. The number of hydrogen-bond acceptors (Lipinski definition) is 6. The number of aryl methyl sites for hydroxylation is 2. The lowest BCUT2D eigenvalue weighted by atomic mass is 10.2. The Hall–Kier alpha value is -2.46. The summed E-state index contributed by atoms with van der Waals surface area (Å²) in [5.41, 5.74) is 3.52. The van der Waals surface area contributed by atoms with Gasteiger partial charge in [0, 0.05) is 31.5 Å². The fourth-order valence-corrected chi connectivity index (χ4v) is 4.90. The van der Waals surface area contributed by atoms with Crippen LogP contribution in [0.1, 0.15) is 27.6 Å². The van der Waals surface area contributed by atoms with Crippen molar-refractivity contribution in [1.82, 2.24) is 19.3 Å². The summed E-state index contributed by atoms with van der Waals surface area (Å²) in [5.74, 6) is 1.25. The summed E-state index contributed by atoms with van der Waals surface area (Å²) in [4.78, 5) is 24.1. The van der Waals surface area contributed by atoms with Crippen LogP contribution in [0.2, 0.25) is 0 Å². The molecule has 1 aliphatic heterocycles. The van der Waals surface area contributed by atoms with Gasteiger partial charge in [0.15, 0.2) is 0 Å². The highest BCUT2D eigenvalue weighted by atomic mass is 32.3. The van der Waals surface area contributed by atoms with Gasteiger partial charge in [0.1, 0.15) is 5.82 Å². The van der Waals surface area contributed by atoms with E-state index >= 15 is 0 Å². The number of amides is 1. The van der Waals surface area contributed by atoms with Crippen molar-refractivity contribution < 1.29 is 13.9 Å². The lowest BCUT2D eigenvalue weighted by Gasteiger charge is -2.40. The highest BCUT2D eigenvalue weighted by molar-refractivity contribution is 8.24. The molecule has 4 rings (SSSR count). The Balaban J connectivity index is 1.59. The van der Waals surface area contributed by atoms with E-state index in [2.05, 4.69) is 20.2 Å². The summed E-state index contributed by atoms with van der Waals surface area (Å²) in [5, 5.41) is 2.85. The van der Waals surface area contributed by atoms with Crippen LogP contribution in [-0.4, -0.2) is 58.9 Å². The summed E-state index contributed by atoms with van der Waals surface area (Å²) >= 11 is 0. The van der Waals surface area contributed by atoms with Crippen molar-refractivity contribution >= 4 is 27.8 Å². The molecule has 1 aliphatic rings. The highest BCUT2D eigenvalue weighted by Crippen LogP contribution is 2.40. The minimum Gasteiger partial charge on any atom is -0.304 e. The number of hydrogen-bond donors (Lipinski definition) is 3. The number of nitrogens with one attached hydrogen (secondary N) is 1. The third kappa shape index (κ3) is 4.43. The van der Waals surface area contributed by atoms with E-state index in [1.807, 2.05) is 50.4 Å². The second-order valence-electron chi connectivity index (χ2n) is 7.45. The van der Waals surface area contributed by atoms with Crippen LogP contribution in [0.3, 0.4) is 0 Å². The first-order chi connectivity index (χ1) is 13.8. The summed E-state index contributed by atoms with van der Waals surface area (Å²) in [6.07, 6.45) is 1.82. The van der Waals surface area contributed by atoms with Gasteiger partial charge in [-0.3, -0.25) is 23.2 Å². The van der Waals surface area contributed by atoms with E-state index in [9.17, 15) is 13.9 Å². The molecule has 0 bridgehead atoms. The minimum absolute atomic E-state index is 0.304. The van der Waals surface area contributed by atoms with Crippen LogP contribution in [-0.2, 0) is 6.54 Å². The number of carbonyl (C=O) groups excluding carboxylic acids is 1. The number of imidazole rings is 1. The van der Waals surface area contributed by atoms with E-state index in [1.54, 1.807) is 4.40 Å². The zero-order chi connectivity index (χ0) is 20.6. The molecule has 3 N–H and O–H groups in total. The predicted octanol–water partition coefficient (Wildman–Crippen LogP) is 3.16. The molecule has 8 nitrogen and oxygen atoms in total. The van der Waals surface area contributed by atoms with Gasteiger partial charge in [0.2, 0.25) is 5.82 Å². The Morgan fingerprint density at radius 2 is 1.93 bits per heavy atom. The quantitative estimate of drug-likeness (QED) is 0.605. The highest BCUT2D eigenvalue weighted by Gasteiger charge is 2.24. The lowest BCUT2D eigenvalue weighted by Crippen LogP contribution is -2.37. The first kappa shape index (κ1) is 19.8. The molecule has 0 saturated carbocycles. The fourth-order valence-electron chi connectivity index (χ4n) is 3.59. The van der Waals surface area contributed by atoms with Crippen molar-refractivity contribution in [1.29, 1.82) is 0 Å². The molecule has 154 valence electrons. The molecular formula is C20H25N5O3S. The number of carbonyl (C=O) groups is 1.